The van der Waals surface area contributed by atoms with Crippen LogP contribution < -0.4 is 4.90 Å². The fourth-order valence-corrected chi connectivity index (χ4v) is 3.71. The van der Waals surface area contributed by atoms with Crippen LogP contribution in [0.15, 0.2) is 18.2 Å². The molecule has 0 saturated carbocycles. The van der Waals surface area contributed by atoms with Crippen LogP contribution in [0, 0.1) is 0 Å². The highest BCUT2D eigenvalue weighted by Crippen LogP contribution is 2.34. The molecule has 1 aromatic carbocycles. The molecule has 3 rings (SSSR count). The van der Waals surface area contributed by atoms with Gasteiger partial charge in [0.05, 0.1) is 0 Å². The first kappa shape index (κ1) is 18.2. The van der Waals surface area contributed by atoms with Gasteiger partial charge >= 0.3 is 6.18 Å². The molecule has 0 unspecified atom stereocenters. The lowest BCUT2D eigenvalue weighted by Gasteiger charge is -2.34. The van der Waals surface area contributed by atoms with Gasteiger partial charge in [0.2, 0.25) is 10.1 Å². The van der Waals surface area contributed by atoms with Crippen molar-refractivity contribution >= 4 is 45.6 Å². The second kappa shape index (κ2) is 6.97. The second-order valence-electron chi connectivity index (χ2n) is 5.32. The molecule has 1 saturated heterocycles. The minimum Gasteiger partial charge on any atom is -0.343 e. The molecule has 2 heterocycles. The Labute approximate surface area is 155 Å². The van der Waals surface area contributed by atoms with Gasteiger partial charge in [-0.2, -0.15) is 13.2 Å². The van der Waals surface area contributed by atoms with E-state index in [1.807, 2.05) is 0 Å². The molecule has 0 N–H and O–H groups in total. The summed E-state index contributed by atoms with van der Waals surface area (Å²) in [4.78, 5) is 15.8. The van der Waals surface area contributed by atoms with Gasteiger partial charge in [-0.05, 0) is 18.2 Å². The molecule has 0 aliphatic carbocycles. The summed E-state index contributed by atoms with van der Waals surface area (Å²) < 4.78 is 37.8. The summed E-state index contributed by atoms with van der Waals surface area (Å²) in [5.41, 5.74) is 0.376. The number of alkyl halides is 3. The number of carbonyl (C=O) groups is 1. The summed E-state index contributed by atoms with van der Waals surface area (Å²) in [6.07, 6.45) is -4.50. The van der Waals surface area contributed by atoms with E-state index >= 15 is 0 Å². The SMILES string of the molecule is O=C(c1cc(Cl)cc(Cl)c1)N1CCN(c2nnc(C(F)(F)F)s2)CC1. The maximum absolute atomic E-state index is 12.6. The van der Waals surface area contributed by atoms with Gasteiger partial charge in [0.15, 0.2) is 0 Å². The molecule has 1 fully saturated rings. The van der Waals surface area contributed by atoms with Crippen molar-refractivity contribution in [3.05, 3.63) is 38.8 Å². The molecule has 1 amide bonds. The maximum atomic E-state index is 12.6. The van der Waals surface area contributed by atoms with Crippen molar-refractivity contribution in [3.8, 4) is 0 Å². The van der Waals surface area contributed by atoms with Crippen molar-refractivity contribution in [2.45, 2.75) is 6.18 Å². The van der Waals surface area contributed by atoms with Gasteiger partial charge in [-0.25, -0.2) is 0 Å². The number of amides is 1. The lowest BCUT2D eigenvalue weighted by Crippen LogP contribution is -2.48. The van der Waals surface area contributed by atoms with Gasteiger partial charge in [0, 0.05) is 41.8 Å². The molecule has 134 valence electrons. The van der Waals surface area contributed by atoms with E-state index in [1.54, 1.807) is 9.80 Å². The van der Waals surface area contributed by atoms with Crippen molar-refractivity contribution in [1.29, 1.82) is 0 Å². The number of benzene rings is 1. The fraction of sp³-hybridized carbons (Fsp3) is 0.357. The third kappa shape index (κ3) is 4.16. The first-order valence-corrected chi connectivity index (χ1v) is 8.72. The van der Waals surface area contributed by atoms with Crippen LogP contribution >= 0.6 is 34.5 Å². The molecule has 1 aromatic heterocycles. The highest BCUT2D eigenvalue weighted by molar-refractivity contribution is 7.15. The Hall–Kier alpha value is -1.58. The van der Waals surface area contributed by atoms with Crippen LogP contribution in [0.4, 0.5) is 18.3 Å². The van der Waals surface area contributed by atoms with Crippen molar-refractivity contribution < 1.29 is 18.0 Å². The summed E-state index contributed by atoms with van der Waals surface area (Å²) in [5.74, 6) is -0.225. The Kier molecular flexibility index (Phi) is 5.08. The third-order valence-corrected chi connectivity index (χ3v) is 5.07. The second-order valence-corrected chi connectivity index (χ2v) is 7.15. The van der Waals surface area contributed by atoms with Gasteiger partial charge in [-0.3, -0.25) is 4.79 Å². The Morgan fingerprint density at radius 3 is 2.16 bits per heavy atom. The van der Waals surface area contributed by atoms with Crippen molar-refractivity contribution in [3.63, 3.8) is 0 Å². The van der Waals surface area contributed by atoms with E-state index in [2.05, 4.69) is 10.2 Å². The summed E-state index contributed by atoms with van der Waals surface area (Å²) in [7, 11) is 0. The Morgan fingerprint density at radius 2 is 1.64 bits per heavy atom. The Bertz CT molecular complexity index is 770. The highest BCUT2D eigenvalue weighted by Gasteiger charge is 2.36. The lowest BCUT2D eigenvalue weighted by molar-refractivity contribution is -0.138. The molecule has 2 aromatic rings. The van der Waals surface area contributed by atoms with E-state index in [0.29, 0.717) is 53.1 Å². The lowest BCUT2D eigenvalue weighted by atomic mass is 10.2. The molecule has 1 aliphatic heterocycles. The fourth-order valence-electron chi connectivity index (χ4n) is 2.42. The maximum Gasteiger partial charge on any atom is 0.445 e. The zero-order chi connectivity index (χ0) is 18.2. The standard InChI is InChI=1S/C14H11Cl2F3N4OS/c15-9-5-8(6-10(16)7-9)11(24)22-1-3-23(4-2-22)13-21-20-12(25-13)14(17,18)19/h5-7H,1-4H2. The minimum atomic E-state index is -4.50. The highest BCUT2D eigenvalue weighted by atomic mass is 35.5. The molecule has 0 spiro atoms. The van der Waals surface area contributed by atoms with E-state index in [0.717, 1.165) is 0 Å². The average molecular weight is 411 g/mol. The third-order valence-electron chi connectivity index (χ3n) is 3.60. The van der Waals surface area contributed by atoms with Crippen LogP contribution in [-0.4, -0.2) is 47.2 Å². The van der Waals surface area contributed by atoms with Crippen LogP contribution in [0.3, 0.4) is 0 Å². The van der Waals surface area contributed by atoms with Crippen molar-refractivity contribution in [2.75, 3.05) is 31.1 Å². The molecule has 5 nitrogen and oxygen atoms in total. The number of halogens is 5. The number of aromatic nitrogens is 2. The van der Waals surface area contributed by atoms with E-state index < -0.39 is 11.2 Å². The number of carbonyl (C=O) groups excluding carboxylic acids is 1. The molecular weight excluding hydrogens is 400 g/mol. The van der Waals surface area contributed by atoms with Crippen LogP contribution in [0.2, 0.25) is 10.0 Å². The van der Waals surface area contributed by atoms with Crippen LogP contribution in [0.1, 0.15) is 15.4 Å². The predicted molar refractivity (Wildman–Crippen MR) is 89.5 cm³/mol. The smallest absolute Gasteiger partial charge is 0.343 e. The van der Waals surface area contributed by atoms with E-state index in [1.165, 1.54) is 18.2 Å². The molecular formula is C14H11Cl2F3N4OS. The largest absolute Gasteiger partial charge is 0.445 e. The number of nitrogens with zero attached hydrogens (tertiary/aromatic N) is 4. The van der Waals surface area contributed by atoms with E-state index in [9.17, 15) is 18.0 Å². The topological polar surface area (TPSA) is 49.3 Å². The molecule has 1 aliphatic rings. The quantitative estimate of drug-likeness (QED) is 0.754. The molecule has 11 heteroatoms. The van der Waals surface area contributed by atoms with Gasteiger partial charge in [-0.1, -0.05) is 34.5 Å². The normalized spacial score (nSPS) is 15.6. The van der Waals surface area contributed by atoms with Crippen LogP contribution in [0.25, 0.3) is 0 Å². The summed E-state index contributed by atoms with van der Waals surface area (Å²) in [5, 5.41) is 6.72. The van der Waals surface area contributed by atoms with Gasteiger partial charge in [0.25, 0.3) is 5.91 Å². The van der Waals surface area contributed by atoms with Crippen molar-refractivity contribution in [2.24, 2.45) is 0 Å². The van der Waals surface area contributed by atoms with E-state index in [-0.39, 0.29) is 11.0 Å². The van der Waals surface area contributed by atoms with Crippen molar-refractivity contribution in [1.82, 2.24) is 15.1 Å². The molecule has 25 heavy (non-hydrogen) atoms. The summed E-state index contributed by atoms with van der Waals surface area (Å²) in [6, 6.07) is 4.59. The zero-order valence-electron chi connectivity index (χ0n) is 12.6. The summed E-state index contributed by atoms with van der Waals surface area (Å²) in [6.45, 7) is 1.44. The zero-order valence-corrected chi connectivity index (χ0v) is 14.9. The summed E-state index contributed by atoms with van der Waals surface area (Å²) >= 11 is 12.3. The van der Waals surface area contributed by atoms with E-state index in [4.69, 9.17) is 23.2 Å². The minimum absolute atomic E-state index is 0.199. The molecule has 0 atom stereocenters. The van der Waals surface area contributed by atoms with Crippen LogP contribution in [0.5, 0.6) is 0 Å². The number of hydrogen-bond acceptors (Lipinski definition) is 5. The average Bonchev–Trinajstić information content (AvgIpc) is 3.03. The van der Waals surface area contributed by atoms with Gasteiger partial charge < -0.3 is 9.80 Å². The van der Waals surface area contributed by atoms with Gasteiger partial charge in [0.1, 0.15) is 0 Å². The monoisotopic (exact) mass is 410 g/mol. The van der Waals surface area contributed by atoms with Gasteiger partial charge in [-0.15, -0.1) is 10.2 Å². The number of hydrogen-bond donors (Lipinski definition) is 0. The predicted octanol–water partition coefficient (Wildman–Crippen LogP) is 3.83. The molecule has 0 bridgehead atoms. The number of rotatable bonds is 2. The first-order valence-electron chi connectivity index (χ1n) is 7.15. The van der Waals surface area contributed by atoms with Crippen LogP contribution in [-0.2, 0) is 6.18 Å². The molecule has 0 radical (unpaired) electrons. The first-order chi connectivity index (χ1) is 11.7. The Balaban J connectivity index is 1.65. The Morgan fingerprint density at radius 1 is 1.04 bits per heavy atom. The number of piperazine rings is 1. The number of anilines is 1.